The van der Waals surface area contributed by atoms with Gasteiger partial charge in [-0.1, -0.05) is 6.92 Å². The minimum absolute atomic E-state index is 0. The molecular weight excluding hydrogens is 369 g/mol. The topological polar surface area (TPSA) is 68.5 Å². The number of aromatic nitrogens is 1. The van der Waals surface area contributed by atoms with Crippen LogP contribution in [0.3, 0.4) is 0 Å². The van der Waals surface area contributed by atoms with Crippen LogP contribution in [-0.2, 0) is 16.0 Å². The van der Waals surface area contributed by atoms with E-state index < -0.39 is 0 Å². The highest BCUT2D eigenvalue weighted by atomic mass is 35.5. The van der Waals surface area contributed by atoms with Gasteiger partial charge in [-0.15, -0.1) is 36.2 Å². The number of hydrogen-bond donors (Lipinski definition) is 1. The van der Waals surface area contributed by atoms with Gasteiger partial charge in [-0.2, -0.15) is 0 Å². The molecule has 1 aliphatic rings. The van der Waals surface area contributed by atoms with E-state index in [4.69, 9.17) is 10.5 Å². The maximum atomic E-state index is 12.6. The Morgan fingerprint density at radius 3 is 2.88 bits per heavy atom. The summed E-state index contributed by atoms with van der Waals surface area (Å²) in [5, 5.41) is 2.90. The lowest BCUT2D eigenvalue weighted by atomic mass is 9.92. The molecule has 140 valence electrons. The number of ether oxygens (including phenoxy) is 1. The number of rotatable bonds is 6. The van der Waals surface area contributed by atoms with Crippen molar-refractivity contribution in [3.8, 4) is 0 Å². The van der Waals surface area contributed by atoms with Crippen LogP contribution in [0.25, 0.3) is 0 Å². The highest BCUT2D eigenvalue weighted by Crippen LogP contribution is 2.24. The lowest BCUT2D eigenvalue weighted by molar-refractivity contribution is -0.134. The highest BCUT2D eigenvalue weighted by Gasteiger charge is 2.29. The summed E-state index contributed by atoms with van der Waals surface area (Å²) in [6.45, 7) is 8.21. The molecule has 5 nitrogen and oxygen atoms in total. The molecule has 0 radical (unpaired) electrons. The average molecular weight is 398 g/mol. The molecule has 3 atom stereocenters. The van der Waals surface area contributed by atoms with E-state index in [1.54, 1.807) is 11.3 Å². The van der Waals surface area contributed by atoms with Gasteiger partial charge in [0, 0.05) is 31.1 Å². The normalized spacial score (nSPS) is 21.6. The Hall–Kier alpha value is -0.400. The molecule has 2 heterocycles. The van der Waals surface area contributed by atoms with Gasteiger partial charge >= 0.3 is 0 Å². The molecule has 1 amide bonds. The first-order chi connectivity index (χ1) is 10.5. The van der Waals surface area contributed by atoms with Crippen molar-refractivity contribution in [1.29, 1.82) is 0 Å². The maximum absolute atomic E-state index is 12.6. The smallest absolute Gasteiger partial charge is 0.228 e. The van der Waals surface area contributed by atoms with Crippen LogP contribution < -0.4 is 5.73 Å². The minimum atomic E-state index is -0.00789. The first kappa shape index (κ1) is 23.6. The maximum Gasteiger partial charge on any atom is 0.228 e. The first-order valence-corrected chi connectivity index (χ1v) is 8.98. The molecule has 1 fully saturated rings. The zero-order valence-electron chi connectivity index (χ0n) is 14.6. The fourth-order valence-corrected chi connectivity index (χ4v) is 3.79. The number of nitrogens with two attached hydrogens (primary N) is 1. The number of carbonyl (C=O) groups excluding carboxylic acids is 1. The molecule has 0 aliphatic carbocycles. The number of thiazole rings is 1. The molecule has 1 aromatic heterocycles. The van der Waals surface area contributed by atoms with Crippen LogP contribution in [0.1, 0.15) is 50.4 Å². The Balaban J connectivity index is 0.00000264. The van der Waals surface area contributed by atoms with Crippen molar-refractivity contribution in [1.82, 2.24) is 9.88 Å². The number of likely N-dealkylation sites (tertiary alicyclic amines) is 1. The van der Waals surface area contributed by atoms with E-state index in [2.05, 4.69) is 11.9 Å². The van der Waals surface area contributed by atoms with Crippen molar-refractivity contribution < 1.29 is 9.53 Å². The van der Waals surface area contributed by atoms with Gasteiger partial charge < -0.3 is 15.4 Å². The zero-order valence-corrected chi connectivity index (χ0v) is 17.0. The molecule has 3 unspecified atom stereocenters. The van der Waals surface area contributed by atoms with Crippen LogP contribution >= 0.6 is 36.2 Å². The molecule has 0 bridgehead atoms. The van der Waals surface area contributed by atoms with Crippen molar-refractivity contribution in [3.63, 3.8) is 0 Å². The summed E-state index contributed by atoms with van der Waals surface area (Å²) in [6, 6.07) is 0.178. The lowest BCUT2D eigenvalue weighted by Gasteiger charge is -2.38. The first-order valence-electron chi connectivity index (χ1n) is 8.10. The molecule has 0 spiro atoms. The van der Waals surface area contributed by atoms with Crippen molar-refractivity contribution in [3.05, 3.63) is 16.1 Å². The van der Waals surface area contributed by atoms with Crippen LogP contribution in [0.15, 0.2) is 5.38 Å². The van der Waals surface area contributed by atoms with Gasteiger partial charge in [0.1, 0.15) is 11.1 Å². The Morgan fingerprint density at radius 2 is 2.25 bits per heavy atom. The third-order valence-electron chi connectivity index (χ3n) is 4.24. The third kappa shape index (κ3) is 6.15. The van der Waals surface area contributed by atoms with Gasteiger partial charge in [0.15, 0.2) is 0 Å². The second-order valence-electron chi connectivity index (χ2n) is 6.06. The van der Waals surface area contributed by atoms with Crippen LogP contribution in [0.4, 0.5) is 0 Å². The SMILES string of the molecule is CCOC(C)c1nc(CC(=O)N2CCC(C)CC2CN)cs1.Cl.Cl. The Labute approximate surface area is 161 Å². The van der Waals surface area contributed by atoms with E-state index >= 15 is 0 Å². The van der Waals surface area contributed by atoms with E-state index in [9.17, 15) is 4.79 Å². The van der Waals surface area contributed by atoms with Crippen molar-refractivity contribution >= 4 is 42.1 Å². The van der Waals surface area contributed by atoms with Crippen molar-refractivity contribution in [2.24, 2.45) is 11.7 Å². The minimum Gasteiger partial charge on any atom is -0.372 e. The quantitative estimate of drug-likeness (QED) is 0.799. The lowest BCUT2D eigenvalue weighted by Crippen LogP contribution is -2.49. The summed E-state index contributed by atoms with van der Waals surface area (Å²) >= 11 is 1.56. The summed E-state index contributed by atoms with van der Waals surface area (Å²) in [5.41, 5.74) is 6.68. The molecule has 0 saturated carbocycles. The standard InChI is InChI=1S/C16H27N3O2S.2ClH/c1-4-21-12(3)16-18-13(10-22-16)8-15(20)19-6-5-11(2)7-14(19)9-17;;/h10-12,14H,4-9,17H2,1-3H3;2*1H. The van der Waals surface area contributed by atoms with Crippen molar-refractivity contribution in [2.75, 3.05) is 19.7 Å². The third-order valence-corrected chi connectivity index (χ3v) is 5.29. The molecule has 0 aromatic carbocycles. The molecule has 2 N–H and O–H groups in total. The van der Waals surface area contributed by atoms with Gasteiger partial charge in [0.2, 0.25) is 5.91 Å². The molecule has 2 rings (SSSR count). The summed E-state index contributed by atoms with van der Waals surface area (Å²) in [7, 11) is 0. The molecule has 1 aliphatic heterocycles. The summed E-state index contributed by atoms with van der Waals surface area (Å²) in [4.78, 5) is 19.0. The summed E-state index contributed by atoms with van der Waals surface area (Å²) in [5.74, 6) is 0.791. The average Bonchev–Trinajstić information content (AvgIpc) is 2.95. The van der Waals surface area contributed by atoms with Crippen LogP contribution in [0.2, 0.25) is 0 Å². The number of hydrogen-bond acceptors (Lipinski definition) is 5. The van der Waals surface area contributed by atoms with Gasteiger partial charge in [-0.25, -0.2) is 4.98 Å². The van der Waals surface area contributed by atoms with Gasteiger partial charge in [-0.05, 0) is 32.6 Å². The monoisotopic (exact) mass is 397 g/mol. The van der Waals surface area contributed by atoms with Crippen LogP contribution in [-0.4, -0.2) is 41.5 Å². The highest BCUT2D eigenvalue weighted by molar-refractivity contribution is 7.09. The predicted octanol–water partition coefficient (Wildman–Crippen LogP) is 3.21. The number of halogens is 2. The summed E-state index contributed by atoms with van der Waals surface area (Å²) < 4.78 is 5.54. The Bertz CT molecular complexity index is 501. The van der Waals surface area contributed by atoms with Crippen molar-refractivity contribution in [2.45, 2.75) is 52.2 Å². The van der Waals surface area contributed by atoms with E-state index in [1.807, 2.05) is 24.1 Å². The molecule has 24 heavy (non-hydrogen) atoms. The number of nitrogens with zero attached hydrogens (tertiary/aromatic N) is 2. The van der Waals surface area contributed by atoms with E-state index in [0.717, 1.165) is 30.1 Å². The predicted molar refractivity (Wildman–Crippen MR) is 103 cm³/mol. The Kier molecular flexibility index (Phi) is 11.1. The van der Waals surface area contributed by atoms with E-state index in [-0.39, 0.29) is 42.9 Å². The van der Waals surface area contributed by atoms with E-state index in [1.165, 1.54) is 0 Å². The summed E-state index contributed by atoms with van der Waals surface area (Å²) in [6.07, 6.45) is 2.42. The Morgan fingerprint density at radius 1 is 1.54 bits per heavy atom. The second kappa shape index (κ2) is 11.3. The van der Waals surface area contributed by atoms with Crippen LogP contribution in [0, 0.1) is 5.92 Å². The number of piperidine rings is 1. The van der Waals surface area contributed by atoms with E-state index in [0.29, 0.717) is 25.5 Å². The molecular formula is C16H29Cl2N3O2S. The molecule has 1 aromatic rings. The van der Waals surface area contributed by atoms with Gasteiger partial charge in [-0.3, -0.25) is 4.79 Å². The van der Waals surface area contributed by atoms with Crippen LogP contribution in [0.5, 0.6) is 0 Å². The number of carbonyl (C=O) groups is 1. The fraction of sp³-hybridized carbons (Fsp3) is 0.750. The van der Waals surface area contributed by atoms with Gasteiger partial charge in [0.05, 0.1) is 12.1 Å². The molecule has 8 heteroatoms. The second-order valence-corrected chi connectivity index (χ2v) is 6.95. The number of amides is 1. The van der Waals surface area contributed by atoms with Gasteiger partial charge in [0.25, 0.3) is 0 Å². The fourth-order valence-electron chi connectivity index (χ4n) is 2.97. The largest absolute Gasteiger partial charge is 0.372 e. The zero-order chi connectivity index (χ0) is 16.1. The molecule has 1 saturated heterocycles.